The summed E-state index contributed by atoms with van der Waals surface area (Å²) in [5, 5.41) is 9.57. The maximum atomic E-state index is 9.57. The Morgan fingerprint density at radius 3 is 2.19 bits per heavy atom. The number of hydrogen-bond donors (Lipinski definition) is 1. The molecular weight excluding hydrogens is 196 g/mol. The molecule has 0 aliphatic heterocycles. The zero-order valence-corrected chi connectivity index (χ0v) is 9.95. The minimum absolute atomic E-state index is 0.347. The number of aromatic hydroxyl groups is 1. The molecule has 0 atom stereocenters. The van der Waals surface area contributed by atoms with Crippen molar-refractivity contribution in [2.45, 2.75) is 19.8 Å². The standard InChI is InChI=1S/C12H14O.C3H6/c1-3-6-10-8-5-9-12(13)11(10)7-4-2;1-3-2/h3-5,8-9,13H,1-2,6-7H2;3H,1H2,2H3. The van der Waals surface area contributed by atoms with Crippen LogP contribution in [0.25, 0.3) is 0 Å². The fraction of sp³-hybridized carbons (Fsp3) is 0.200. The minimum atomic E-state index is 0.347. The molecule has 0 heterocycles. The molecule has 0 amide bonds. The van der Waals surface area contributed by atoms with Crippen molar-refractivity contribution in [3.63, 3.8) is 0 Å². The lowest BCUT2D eigenvalue weighted by Crippen LogP contribution is -1.91. The highest BCUT2D eigenvalue weighted by Crippen LogP contribution is 2.22. The Bertz CT molecular complexity index is 350. The van der Waals surface area contributed by atoms with Gasteiger partial charge in [0, 0.05) is 5.56 Å². The molecule has 0 saturated carbocycles. The average molecular weight is 216 g/mol. The van der Waals surface area contributed by atoms with Crippen molar-refractivity contribution in [2.24, 2.45) is 0 Å². The molecule has 1 N–H and O–H groups in total. The second-order valence-corrected chi connectivity index (χ2v) is 3.31. The molecule has 0 aliphatic carbocycles. The van der Waals surface area contributed by atoms with E-state index in [0.717, 1.165) is 17.5 Å². The molecule has 0 fully saturated rings. The first-order valence-corrected chi connectivity index (χ1v) is 5.29. The topological polar surface area (TPSA) is 20.2 Å². The van der Waals surface area contributed by atoms with Crippen LogP contribution in [0.2, 0.25) is 0 Å². The lowest BCUT2D eigenvalue weighted by Gasteiger charge is -2.07. The molecule has 0 unspecified atom stereocenters. The summed E-state index contributed by atoms with van der Waals surface area (Å²) in [5.74, 6) is 0.347. The van der Waals surface area contributed by atoms with E-state index < -0.39 is 0 Å². The zero-order valence-electron chi connectivity index (χ0n) is 9.95. The van der Waals surface area contributed by atoms with E-state index in [1.165, 1.54) is 0 Å². The molecular formula is C15H20O. The van der Waals surface area contributed by atoms with Crippen molar-refractivity contribution >= 4 is 0 Å². The number of hydrogen-bond acceptors (Lipinski definition) is 1. The molecule has 0 bridgehead atoms. The van der Waals surface area contributed by atoms with Crippen LogP contribution in [0.5, 0.6) is 5.75 Å². The molecule has 0 spiro atoms. The van der Waals surface area contributed by atoms with Gasteiger partial charge in [0.1, 0.15) is 5.75 Å². The van der Waals surface area contributed by atoms with Gasteiger partial charge in [-0.05, 0) is 31.4 Å². The van der Waals surface area contributed by atoms with Gasteiger partial charge in [-0.1, -0.05) is 30.4 Å². The Hall–Kier alpha value is -1.76. The van der Waals surface area contributed by atoms with Crippen LogP contribution in [0.3, 0.4) is 0 Å². The minimum Gasteiger partial charge on any atom is -0.508 e. The summed E-state index contributed by atoms with van der Waals surface area (Å²) < 4.78 is 0. The van der Waals surface area contributed by atoms with Crippen molar-refractivity contribution < 1.29 is 5.11 Å². The summed E-state index contributed by atoms with van der Waals surface area (Å²) in [7, 11) is 0. The van der Waals surface area contributed by atoms with Crippen molar-refractivity contribution in [3.8, 4) is 5.75 Å². The van der Waals surface area contributed by atoms with Crippen molar-refractivity contribution in [1.82, 2.24) is 0 Å². The van der Waals surface area contributed by atoms with E-state index in [1.54, 1.807) is 18.2 Å². The molecule has 0 radical (unpaired) electrons. The Labute approximate surface area is 98.4 Å². The Balaban J connectivity index is 0.000000673. The summed E-state index contributed by atoms with van der Waals surface area (Å²) in [4.78, 5) is 0. The maximum Gasteiger partial charge on any atom is 0.119 e. The van der Waals surface area contributed by atoms with E-state index in [-0.39, 0.29) is 0 Å². The monoisotopic (exact) mass is 216 g/mol. The third-order valence-corrected chi connectivity index (χ3v) is 1.96. The smallest absolute Gasteiger partial charge is 0.119 e. The van der Waals surface area contributed by atoms with Gasteiger partial charge in [-0.3, -0.25) is 0 Å². The van der Waals surface area contributed by atoms with E-state index in [0.29, 0.717) is 12.2 Å². The van der Waals surface area contributed by atoms with Gasteiger partial charge in [-0.2, -0.15) is 0 Å². The maximum absolute atomic E-state index is 9.57. The van der Waals surface area contributed by atoms with Gasteiger partial charge in [-0.25, -0.2) is 0 Å². The zero-order chi connectivity index (χ0) is 12.4. The number of allylic oxidation sites excluding steroid dienone is 3. The van der Waals surface area contributed by atoms with E-state index in [9.17, 15) is 5.11 Å². The molecule has 1 nitrogen and oxygen atoms in total. The van der Waals surface area contributed by atoms with Gasteiger partial charge < -0.3 is 5.11 Å². The van der Waals surface area contributed by atoms with Crippen LogP contribution < -0.4 is 0 Å². The highest BCUT2D eigenvalue weighted by molar-refractivity contribution is 5.41. The van der Waals surface area contributed by atoms with Crippen LogP contribution in [-0.2, 0) is 12.8 Å². The Morgan fingerprint density at radius 2 is 1.69 bits per heavy atom. The Kier molecular flexibility index (Phi) is 7.60. The summed E-state index contributed by atoms with van der Waals surface area (Å²) >= 11 is 0. The summed E-state index contributed by atoms with van der Waals surface area (Å²) in [6.45, 7) is 12.6. The predicted molar refractivity (Wildman–Crippen MR) is 71.8 cm³/mol. The summed E-state index contributed by atoms with van der Waals surface area (Å²) in [6.07, 6.45) is 6.87. The van der Waals surface area contributed by atoms with Crippen LogP contribution >= 0.6 is 0 Å². The van der Waals surface area contributed by atoms with Crippen LogP contribution in [-0.4, -0.2) is 5.11 Å². The lowest BCUT2D eigenvalue weighted by molar-refractivity contribution is 0.469. The largest absolute Gasteiger partial charge is 0.508 e. The fourth-order valence-corrected chi connectivity index (χ4v) is 1.35. The first-order chi connectivity index (χ1) is 7.71. The number of benzene rings is 1. The predicted octanol–water partition coefficient (Wildman–Crippen LogP) is 4.04. The van der Waals surface area contributed by atoms with Crippen LogP contribution in [0.15, 0.2) is 56.2 Å². The van der Waals surface area contributed by atoms with Gasteiger partial charge in [0.2, 0.25) is 0 Å². The quantitative estimate of drug-likeness (QED) is 0.753. The molecule has 0 saturated heterocycles. The normalized spacial score (nSPS) is 8.56. The van der Waals surface area contributed by atoms with Crippen molar-refractivity contribution in [1.29, 1.82) is 0 Å². The molecule has 1 aromatic carbocycles. The second kappa shape index (κ2) is 8.54. The Morgan fingerprint density at radius 1 is 1.12 bits per heavy atom. The average Bonchev–Trinajstić information content (AvgIpc) is 2.25. The fourth-order valence-electron chi connectivity index (χ4n) is 1.35. The third kappa shape index (κ3) is 4.65. The molecule has 1 heteroatoms. The van der Waals surface area contributed by atoms with Crippen molar-refractivity contribution in [3.05, 3.63) is 67.3 Å². The highest BCUT2D eigenvalue weighted by atomic mass is 16.3. The van der Waals surface area contributed by atoms with Gasteiger partial charge in [0.05, 0.1) is 0 Å². The summed E-state index contributed by atoms with van der Waals surface area (Å²) in [6, 6.07) is 5.55. The number of rotatable bonds is 4. The molecule has 16 heavy (non-hydrogen) atoms. The third-order valence-electron chi connectivity index (χ3n) is 1.96. The van der Waals surface area contributed by atoms with Gasteiger partial charge in [0.25, 0.3) is 0 Å². The van der Waals surface area contributed by atoms with Gasteiger partial charge in [-0.15, -0.1) is 19.7 Å². The van der Waals surface area contributed by atoms with E-state index >= 15 is 0 Å². The molecule has 0 aromatic heterocycles. The molecule has 0 aliphatic rings. The first kappa shape index (κ1) is 14.2. The van der Waals surface area contributed by atoms with Crippen LogP contribution in [0.4, 0.5) is 0 Å². The molecule has 1 aromatic rings. The van der Waals surface area contributed by atoms with Crippen molar-refractivity contribution in [2.75, 3.05) is 0 Å². The number of phenolic OH excluding ortho intramolecular Hbond substituents is 1. The highest BCUT2D eigenvalue weighted by Gasteiger charge is 2.03. The number of phenols is 1. The van der Waals surface area contributed by atoms with Gasteiger partial charge >= 0.3 is 0 Å². The van der Waals surface area contributed by atoms with E-state index in [1.807, 2.05) is 25.1 Å². The molecule has 1 rings (SSSR count). The first-order valence-electron chi connectivity index (χ1n) is 5.29. The second-order valence-electron chi connectivity index (χ2n) is 3.31. The summed E-state index contributed by atoms with van der Waals surface area (Å²) in [5.41, 5.74) is 2.08. The van der Waals surface area contributed by atoms with Gasteiger partial charge in [0.15, 0.2) is 0 Å². The van der Waals surface area contributed by atoms with Crippen LogP contribution in [0.1, 0.15) is 18.1 Å². The van der Waals surface area contributed by atoms with E-state index in [4.69, 9.17) is 0 Å². The molecule has 86 valence electrons. The SMILES string of the molecule is C=CC.C=CCc1cccc(O)c1CC=C. The van der Waals surface area contributed by atoms with E-state index in [2.05, 4.69) is 19.7 Å². The lowest BCUT2D eigenvalue weighted by atomic mass is 10.0. The van der Waals surface area contributed by atoms with Crippen LogP contribution in [0, 0.1) is 0 Å².